The van der Waals surface area contributed by atoms with Crippen LogP contribution in [0.15, 0.2) is 54.6 Å². The number of aliphatic hydroxyl groups excluding tert-OH is 1. The molecule has 0 saturated carbocycles. The molecule has 0 aliphatic heterocycles. The van der Waals surface area contributed by atoms with Crippen LogP contribution in [0.2, 0.25) is 5.02 Å². The second-order valence-electron chi connectivity index (χ2n) is 5.25. The minimum Gasteiger partial charge on any atom is -0.388 e. The van der Waals surface area contributed by atoms with Crippen LogP contribution in [0.25, 0.3) is 0 Å². The van der Waals surface area contributed by atoms with Gasteiger partial charge in [0.1, 0.15) is 0 Å². The van der Waals surface area contributed by atoms with Crippen LogP contribution in [0, 0.1) is 0 Å². The van der Waals surface area contributed by atoms with Crippen molar-refractivity contribution in [2.24, 2.45) is 0 Å². The first-order valence-electron chi connectivity index (χ1n) is 7.60. The van der Waals surface area contributed by atoms with E-state index in [1.807, 2.05) is 30.3 Å². The van der Waals surface area contributed by atoms with Crippen LogP contribution in [0.3, 0.4) is 0 Å². The van der Waals surface area contributed by atoms with Crippen molar-refractivity contribution in [2.45, 2.75) is 19.1 Å². The molecule has 0 bridgehead atoms. The number of carbonyl (C=O) groups is 2. The minimum absolute atomic E-state index is 0.179. The van der Waals surface area contributed by atoms with E-state index in [9.17, 15) is 14.7 Å². The molecule has 0 spiro atoms. The quantitative estimate of drug-likeness (QED) is 0.702. The van der Waals surface area contributed by atoms with Gasteiger partial charge in [-0.25, -0.2) is 0 Å². The van der Waals surface area contributed by atoms with Crippen molar-refractivity contribution in [1.82, 2.24) is 10.6 Å². The van der Waals surface area contributed by atoms with E-state index < -0.39 is 17.9 Å². The third kappa shape index (κ3) is 5.37. The lowest BCUT2D eigenvalue weighted by molar-refractivity contribution is -0.139. The molecule has 3 N–H and O–H groups in total. The Labute approximate surface area is 145 Å². The van der Waals surface area contributed by atoms with Crippen LogP contribution in [0.4, 0.5) is 0 Å². The van der Waals surface area contributed by atoms with Crippen LogP contribution in [0.1, 0.15) is 23.7 Å². The number of rotatable bonds is 6. The van der Waals surface area contributed by atoms with E-state index in [0.29, 0.717) is 11.4 Å². The van der Waals surface area contributed by atoms with Gasteiger partial charge in [0.25, 0.3) is 0 Å². The Morgan fingerprint density at radius 2 is 1.58 bits per heavy atom. The average molecular weight is 347 g/mol. The maximum atomic E-state index is 11.7. The molecule has 0 saturated heterocycles. The first-order chi connectivity index (χ1) is 11.6. The smallest absolute Gasteiger partial charge is 0.309 e. The standard InChI is InChI=1S/C18H19ClN2O3/c19-15-9-5-4-8-14(15)12-21-18(24)17(23)20-11-10-16(22)13-6-2-1-3-7-13/h1-9,16,22H,10-12H2,(H,20,23)(H,21,24)/t16-/m0/s1. The second kappa shape index (κ2) is 9.05. The lowest BCUT2D eigenvalue weighted by Gasteiger charge is -2.11. The normalized spacial score (nSPS) is 11.6. The third-order valence-electron chi connectivity index (χ3n) is 3.49. The summed E-state index contributed by atoms with van der Waals surface area (Å²) in [6.45, 7) is 0.382. The average Bonchev–Trinajstić information content (AvgIpc) is 2.61. The molecule has 6 heteroatoms. The fourth-order valence-corrected chi connectivity index (χ4v) is 2.34. The van der Waals surface area contributed by atoms with Gasteiger partial charge in [0.2, 0.25) is 0 Å². The number of benzene rings is 2. The zero-order valence-electron chi connectivity index (χ0n) is 13.0. The summed E-state index contributed by atoms with van der Waals surface area (Å²) in [5.74, 6) is -1.47. The molecule has 2 rings (SSSR count). The Morgan fingerprint density at radius 3 is 2.29 bits per heavy atom. The van der Waals surface area contributed by atoms with E-state index in [1.165, 1.54) is 0 Å². The molecule has 0 radical (unpaired) electrons. The summed E-state index contributed by atoms with van der Waals surface area (Å²) in [4.78, 5) is 23.5. The maximum Gasteiger partial charge on any atom is 0.309 e. The van der Waals surface area contributed by atoms with Crippen LogP contribution in [0.5, 0.6) is 0 Å². The summed E-state index contributed by atoms with van der Waals surface area (Å²) >= 11 is 5.98. The number of nitrogens with one attached hydrogen (secondary N) is 2. The van der Waals surface area contributed by atoms with Crippen molar-refractivity contribution in [2.75, 3.05) is 6.54 Å². The SMILES string of the molecule is O=C(NCC[C@H](O)c1ccccc1)C(=O)NCc1ccccc1Cl. The highest BCUT2D eigenvalue weighted by Gasteiger charge is 2.14. The summed E-state index contributed by atoms with van der Waals surface area (Å²) in [6, 6.07) is 16.2. The number of halogens is 1. The van der Waals surface area contributed by atoms with E-state index in [-0.39, 0.29) is 13.1 Å². The predicted molar refractivity (Wildman–Crippen MR) is 92.3 cm³/mol. The van der Waals surface area contributed by atoms with Crippen LogP contribution >= 0.6 is 11.6 Å². The van der Waals surface area contributed by atoms with E-state index in [2.05, 4.69) is 10.6 Å². The van der Waals surface area contributed by atoms with Gasteiger partial charge in [-0.15, -0.1) is 0 Å². The summed E-state index contributed by atoms with van der Waals surface area (Å²) in [5.41, 5.74) is 1.51. The van der Waals surface area contributed by atoms with Crippen LogP contribution in [-0.4, -0.2) is 23.5 Å². The van der Waals surface area contributed by atoms with Gasteiger partial charge in [-0.05, 0) is 23.6 Å². The number of amides is 2. The Kier molecular flexibility index (Phi) is 6.78. The molecular weight excluding hydrogens is 328 g/mol. The Hall–Kier alpha value is -2.37. The zero-order chi connectivity index (χ0) is 17.4. The lowest BCUT2D eigenvalue weighted by Crippen LogP contribution is -2.40. The predicted octanol–water partition coefficient (Wildman–Crippen LogP) is 2.20. The van der Waals surface area contributed by atoms with Crippen LogP contribution in [-0.2, 0) is 16.1 Å². The van der Waals surface area contributed by atoms with Gasteiger partial charge < -0.3 is 15.7 Å². The Balaban J connectivity index is 1.72. The van der Waals surface area contributed by atoms with Crippen molar-refractivity contribution >= 4 is 23.4 Å². The molecule has 5 nitrogen and oxygen atoms in total. The first kappa shape index (κ1) is 18.0. The second-order valence-corrected chi connectivity index (χ2v) is 5.65. The Bertz CT molecular complexity index is 692. The highest BCUT2D eigenvalue weighted by atomic mass is 35.5. The van der Waals surface area contributed by atoms with Crippen molar-refractivity contribution in [3.63, 3.8) is 0 Å². The summed E-state index contributed by atoms with van der Waals surface area (Å²) in [6.07, 6.45) is -0.356. The van der Waals surface area contributed by atoms with Gasteiger partial charge in [0.15, 0.2) is 0 Å². The minimum atomic E-state index is -0.734. The molecule has 1 atom stereocenters. The zero-order valence-corrected chi connectivity index (χ0v) is 13.8. The van der Waals surface area contributed by atoms with E-state index in [0.717, 1.165) is 11.1 Å². The molecule has 0 fully saturated rings. The number of hydrogen-bond acceptors (Lipinski definition) is 3. The van der Waals surface area contributed by atoms with Gasteiger partial charge in [-0.1, -0.05) is 60.1 Å². The van der Waals surface area contributed by atoms with Crippen molar-refractivity contribution in [1.29, 1.82) is 0 Å². The molecule has 2 amide bonds. The van der Waals surface area contributed by atoms with Crippen molar-refractivity contribution in [3.8, 4) is 0 Å². The molecule has 0 unspecified atom stereocenters. The molecule has 126 valence electrons. The number of aliphatic hydroxyl groups is 1. The van der Waals surface area contributed by atoms with Crippen LogP contribution < -0.4 is 10.6 Å². The fraction of sp³-hybridized carbons (Fsp3) is 0.222. The van der Waals surface area contributed by atoms with Gasteiger partial charge in [-0.3, -0.25) is 9.59 Å². The molecular formula is C18H19ClN2O3. The van der Waals surface area contributed by atoms with Gasteiger partial charge in [-0.2, -0.15) is 0 Å². The van der Waals surface area contributed by atoms with E-state index in [1.54, 1.807) is 24.3 Å². The number of carbonyl (C=O) groups excluding carboxylic acids is 2. The number of hydrogen-bond donors (Lipinski definition) is 3. The Morgan fingerprint density at radius 1 is 0.958 bits per heavy atom. The summed E-state index contributed by atoms with van der Waals surface area (Å²) in [5, 5.41) is 15.5. The molecule has 0 aromatic heterocycles. The fourth-order valence-electron chi connectivity index (χ4n) is 2.14. The highest BCUT2D eigenvalue weighted by molar-refractivity contribution is 6.35. The highest BCUT2D eigenvalue weighted by Crippen LogP contribution is 2.15. The monoisotopic (exact) mass is 346 g/mol. The van der Waals surface area contributed by atoms with Gasteiger partial charge in [0, 0.05) is 18.1 Å². The van der Waals surface area contributed by atoms with Crippen molar-refractivity contribution in [3.05, 3.63) is 70.7 Å². The van der Waals surface area contributed by atoms with Crippen molar-refractivity contribution < 1.29 is 14.7 Å². The van der Waals surface area contributed by atoms with E-state index >= 15 is 0 Å². The summed E-state index contributed by atoms with van der Waals surface area (Å²) < 4.78 is 0. The molecule has 0 aliphatic rings. The molecule has 0 aliphatic carbocycles. The molecule has 2 aromatic carbocycles. The van der Waals surface area contributed by atoms with Gasteiger partial charge >= 0.3 is 11.8 Å². The molecule has 0 heterocycles. The largest absolute Gasteiger partial charge is 0.388 e. The molecule has 2 aromatic rings. The summed E-state index contributed by atoms with van der Waals surface area (Å²) in [7, 11) is 0. The topological polar surface area (TPSA) is 78.4 Å². The molecule has 24 heavy (non-hydrogen) atoms. The van der Waals surface area contributed by atoms with E-state index in [4.69, 9.17) is 11.6 Å². The first-order valence-corrected chi connectivity index (χ1v) is 7.98. The third-order valence-corrected chi connectivity index (χ3v) is 3.86. The lowest BCUT2D eigenvalue weighted by atomic mass is 10.1. The maximum absolute atomic E-state index is 11.7. The van der Waals surface area contributed by atoms with Gasteiger partial charge in [0.05, 0.1) is 6.10 Å².